The summed E-state index contributed by atoms with van der Waals surface area (Å²) in [7, 11) is 0. The lowest BCUT2D eigenvalue weighted by Gasteiger charge is -2.30. The van der Waals surface area contributed by atoms with E-state index in [0.29, 0.717) is 37.8 Å². The Morgan fingerprint density at radius 2 is 1.00 bits per heavy atom. The van der Waals surface area contributed by atoms with Gasteiger partial charge in [-0.25, -0.2) is 26.3 Å². The molecule has 2 saturated carbocycles. The minimum atomic E-state index is -1.69. The van der Waals surface area contributed by atoms with Crippen LogP contribution in [-0.4, -0.2) is 5.78 Å². The van der Waals surface area contributed by atoms with E-state index in [4.69, 9.17) is 0 Å². The molecular formula is C21H16F6O. The quantitative estimate of drug-likeness (QED) is 0.336. The molecule has 2 fully saturated rings. The molecule has 1 nitrogen and oxygen atoms in total. The molecule has 2 aromatic rings. The zero-order valence-electron chi connectivity index (χ0n) is 14.7. The number of rotatable bonds is 4. The van der Waals surface area contributed by atoms with E-state index in [1.54, 1.807) is 0 Å². The molecule has 0 unspecified atom stereocenters. The zero-order chi connectivity index (χ0) is 20.2. The summed E-state index contributed by atoms with van der Waals surface area (Å²) in [5, 5.41) is 0. The Hall–Kier alpha value is -2.31. The summed E-state index contributed by atoms with van der Waals surface area (Å²) in [5.74, 6) is -11.4. The van der Waals surface area contributed by atoms with Gasteiger partial charge in [-0.15, -0.1) is 0 Å². The van der Waals surface area contributed by atoms with Crippen molar-refractivity contribution >= 4 is 5.78 Å². The van der Waals surface area contributed by atoms with Crippen LogP contribution in [0.15, 0.2) is 12.1 Å². The standard InChI is InChI=1S/C21H16F6O/c22-13-7-11(15(9-3-1-4-9)19(26)17(13)24)21(28)12-8-14(23)18(25)20(27)16(12)10-5-2-6-10/h7-10H,1-6H2. The van der Waals surface area contributed by atoms with Gasteiger partial charge in [-0.3, -0.25) is 4.79 Å². The molecule has 2 aliphatic rings. The van der Waals surface area contributed by atoms with Crippen molar-refractivity contribution in [3.8, 4) is 0 Å². The number of hydrogen-bond acceptors (Lipinski definition) is 1. The van der Waals surface area contributed by atoms with Crippen LogP contribution in [0.2, 0.25) is 0 Å². The smallest absolute Gasteiger partial charge is 0.194 e. The molecule has 2 aliphatic carbocycles. The highest BCUT2D eigenvalue weighted by atomic mass is 19.2. The molecule has 4 rings (SSSR count). The van der Waals surface area contributed by atoms with Crippen LogP contribution in [0.3, 0.4) is 0 Å². The van der Waals surface area contributed by atoms with Gasteiger partial charge in [0, 0.05) is 22.3 Å². The summed E-state index contributed by atoms with van der Waals surface area (Å²) < 4.78 is 84.2. The molecule has 0 aromatic heterocycles. The molecular weight excluding hydrogens is 382 g/mol. The van der Waals surface area contributed by atoms with Crippen molar-refractivity contribution in [2.45, 2.75) is 50.4 Å². The second-order valence-corrected chi connectivity index (χ2v) is 7.48. The van der Waals surface area contributed by atoms with E-state index in [9.17, 15) is 31.1 Å². The fraction of sp³-hybridized carbons (Fsp3) is 0.381. The maximum Gasteiger partial charge on any atom is 0.194 e. The van der Waals surface area contributed by atoms with Crippen LogP contribution in [0.25, 0.3) is 0 Å². The molecule has 0 heterocycles. The topological polar surface area (TPSA) is 17.1 Å². The highest BCUT2D eigenvalue weighted by Crippen LogP contribution is 2.44. The minimum absolute atomic E-state index is 0.278. The van der Waals surface area contributed by atoms with Crippen molar-refractivity contribution in [2.75, 3.05) is 0 Å². The molecule has 28 heavy (non-hydrogen) atoms. The van der Waals surface area contributed by atoms with Crippen LogP contribution >= 0.6 is 0 Å². The average molecular weight is 398 g/mol. The summed E-state index contributed by atoms with van der Waals surface area (Å²) in [6.45, 7) is 0. The second-order valence-electron chi connectivity index (χ2n) is 7.48. The summed E-state index contributed by atoms with van der Waals surface area (Å²) in [6, 6.07) is 1.14. The SMILES string of the molecule is O=C(c1cc(F)c(F)c(F)c1C1CCC1)c1cc(F)c(F)c(F)c1C1CCC1. The zero-order valence-corrected chi connectivity index (χ0v) is 14.7. The Labute approximate surface area is 157 Å². The summed E-state index contributed by atoms with van der Waals surface area (Å²) in [5.41, 5.74) is -1.49. The van der Waals surface area contributed by atoms with Crippen LogP contribution in [0.4, 0.5) is 26.3 Å². The third kappa shape index (κ3) is 2.83. The Morgan fingerprint density at radius 1 is 0.643 bits per heavy atom. The fourth-order valence-electron chi connectivity index (χ4n) is 3.93. The summed E-state index contributed by atoms with van der Waals surface area (Å²) in [6.07, 6.45) is 3.44. The van der Waals surface area contributed by atoms with Crippen molar-refractivity contribution in [1.82, 2.24) is 0 Å². The third-order valence-electron chi connectivity index (χ3n) is 5.92. The predicted octanol–water partition coefficient (Wildman–Crippen LogP) is 6.29. The van der Waals surface area contributed by atoms with Gasteiger partial charge in [-0.05, 0) is 49.7 Å². The van der Waals surface area contributed by atoms with Crippen molar-refractivity contribution in [1.29, 1.82) is 0 Å². The Balaban J connectivity index is 1.91. The van der Waals surface area contributed by atoms with Gasteiger partial charge in [-0.1, -0.05) is 12.8 Å². The molecule has 2 aromatic carbocycles. The number of carbonyl (C=O) groups is 1. The van der Waals surface area contributed by atoms with E-state index in [0.717, 1.165) is 12.8 Å². The molecule has 0 amide bonds. The first kappa shape index (κ1) is 19.0. The predicted molar refractivity (Wildman–Crippen MR) is 89.2 cm³/mol. The van der Waals surface area contributed by atoms with Crippen LogP contribution < -0.4 is 0 Å². The van der Waals surface area contributed by atoms with E-state index in [-0.39, 0.29) is 11.1 Å². The molecule has 0 aliphatic heterocycles. The normalized spacial score (nSPS) is 17.4. The maximum absolute atomic E-state index is 14.5. The fourth-order valence-corrected chi connectivity index (χ4v) is 3.93. The molecule has 0 saturated heterocycles. The highest BCUT2D eigenvalue weighted by Gasteiger charge is 2.35. The van der Waals surface area contributed by atoms with Crippen LogP contribution in [0.5, 0.6) is 0 Å². The van der Waals surface area contributed by atoms with Gasteiger partial charge in [0.25, 0.3) is 0 Å². The third-order valence-corrected chi connectivity index (χ3v) is 5.92. The summed E-state index contributed by atoms with van der Waals surface area (Å²) >= 11 is 0. The molecule has 0 N–H and O–H groups in total. The average Bonchev–Trinajstić information content (AvgIpc) is 2.58. The number of benzene rings is 2. The van der Waals surface area contributed by atoms with E-state index in [1.807, 2.05) is 0 Å². The van der Waals surface area contributed by atoms with Crippen molar-refractivity contribution in [2.24, 2.45) is 0 Å². The lowest BCUT2D eigenvalue weighted by atomic mass is 9.74. The first-order valence-corrected chi connectivity index (χ1v) is 9.20. The van der Waals surface area contributed by atoms with Crippen LogP contribution in [-0.2, 0) is 0 Å². The largest absolute Gasteiger partial charge is 0.289 e. The lowest BCUT2D eigenvalue weighted by molar-refractivity contribution is 0.103. The molecule has 0 radical (unpaired) electrons. The van der Waals surface area contributed by atoms with Gasteiger partial charge in [-0.2, -0.15) is 0 Å². The number of hydrogen-bond donors (Lipinski definition) is 0. The minimum Gasteiger partial charge on any atom is -0.289 e. The van der Waals surface area contributed by atoms with E-state index < -0.39 is 63.6 Å². The first-order chi connectivity index (χ1) is 13.3. The van der Waals surface area contributed by atoms with Gasteiger partial charge in [0.2, 0.25) is 0 Å². The van der Waals surface area contributed by atoms with Crippen LogP contribution in [0, 0.1) is 34.9 Å². The van der Waals surface area contributed by atoms with Gasteiger partial charge < -0.3 is 0 Å². The second kappa shape index (κ2) is 6.94. The van der Waals surface area contributed by atoms with E-state index >= 15 is 0 Å². The molecule has 7 heteroatoms. The first-order valence-electron chi connectivity index (χ1n) is 9.20. The van der Waals surface area contributed by atoms with Gasteiger partial charge in [0.05, 0.1) is 0 Å². The Morgan fingerprint density at radius 3 is 1.29 bits per heavy atom. The Bertz CT molecular complexity index is 898. The van der Waals surface area contributed by atoms with Crippen molar-refractivity contribution in [3.63, 3.8) is 0 Å². The van der Waals surface area contributed by atoms with Crippen LogP contribution in [0.1, 0.15) is 77.4 Å². The van der Waals surface area contributed by atoms with E-state index in [1.165, 1.54) is 0 Å². The van der Waals surface area contributed by atoms with Crippen molar-refractivity contribution < 1.29 is 31.1 Å². The monoisotopic (exact) mass is 398 g/mol. The molecule has 0 atom stereocenters. The van der Waals surface area contributed by atoms with E-state index in [2.05, 4.69) is 0 Å². The van der Waals surface area contributed by atoms with Gasteiger partial charge in [0.15, 0.2) is 40.7 Å². The number of ketones is 1. The lowest BCUT2D eigenvalue weighted by Crippen LogP contribution is -2.22. The molecule has 0 spiro atoms. The van der Waals surface area contributed by atoms with Gasteiger partial charge in [0.1, 0.15) is 0 Å². The Kier molecular flexibility index (Phi) is 4.71. The summed E-state index contributed by atoms with van der Waals surface area (Å²) in [4.78, 5) is 13.1. The molecule has 148 valence electrons. The molecule has 0 bridgehead atoms. The van der Waals surface area contributed by atoms with Crippen molar-refractivity contribution in [3.05, 3.63) is 69.3 Å². The number of carbonyl (C=O) groups excluding carboxylic acids is 1. The number of halogens is 6. The maximum atomic E-state index is 14.5. The van der Waals surface area contributed by atoms with Gasteiger partial charge >= 0.3 is 0 Å². The highest BCUT2D eigenvalue weighted by molar-refractivity contribution is 6.11.